The fraction of sp³-hybridized carbons (Fsp3) is 0.500. The van der Waals surface area contributed by atoms with Crippen LogP contribution in [0.15, 0.2) is 18.2 Å². The van der Waals surface area contributed by atoms with Gasteiger partial charge in [-0.2, -0.15) is 0 Å². The average Bonchev–Trinajstić information content (AvgIpc) is 2.78. The van der Waals surface area contributed by atoms with E-state index in [0.29, 0.717) is 10.0 Å². The van der Waals surface area contributed by atoms with E-state index in [1.54, 1.807) is 5.92 Å². The van der Waals surface area contributed by atoms with Crippen LogP contribution in [0.3, 0.4) is 0 Å². The monoisotopic (exact) mass is 255 g/mol. The smallest absolute Gasteiger partial charge is 0.0595 e. The number of benzene rings is 1. The third kappa shape index (κ3) is 2.55. The molecule has 16 heavy (non-hydrogen) atoms. The third-order valence-corrected chi connectivity index (χ3v) is 4.26. The van der Waals surface area contributed by atoms with Crippen LogP contribution in [0.2, 0.25) is 10.0 Å². The van der Waals surface area contributed by atoms with Crippen molar-refractivity contribution in [1.29, 1.82) is 0 Å². The first-order chi connectivity index (χ1) is 7.72. The van der Waals surface area contributed by atoms with Crippen molar-refractivity contribution < 1.29 is 0 Å². The van der Waals surface area contributed by atoms with Crippen LogP contribution < -0.4 is 0 Å². The van der Waals surface area contributed by atoms with Crippen LogP contribution in [0.1, 0.15) is 44.6 Å². The summed E-state index contributed by atoms with van der Waals surface area (Å²) in [7, 11) is 0. The highest BCUT2D eigenvalue weighted by Gasteiger charge is 2.25. The van der Waals surface area contributed by atoms with Crippen molar-refractivity contribution in [2.75, 3.05) is 0 Å². The molecule has 1 fully saturated rings. The van der Waals surface area contributed by atoms with Gasteiger partial charge in [0.25, 0.3) is 0 Å². The predicted molar refractivity (Wildman–Crippen MR) is 71.1 cm³/mol. The van der Waals surface area contributed by atoms with Gasteiger partial charge in [-0.15, -0.1) is 0 Å². The number of hydrogen-bond donors (Lipinski definition) is 0. The molecule has 1 radical (unpaired) electrons. The van der Waals surface area contributed by atoms with Crippen LogP contribution in [0, 0.1) is 11.8 Å². The molecule has 0 N–H and O–H groups in total. The number of halogens is 2. The quantitative estimate of drug-likeness (QED) is 0.668. The zero-order chi connectivity index (χ0) is 11.5. The number of rotatable bonds is 3. The normalized spacial score (nSPS) is 17.2. The molecule has 1 aliphatic carbocycles. The summed E-state index contributed by atoms with van der Waals surface area (Å²) in [5, 5.41) is 1.32. The Labute approximate surface area is 108 Å². The first-order valence-corrected chi connectivity index (χ1v) is 6.79. The van der Waals surface area contributed by atoms with Crippen molar-refractivity contribution >= 4 is 23.2 Å². The van der Waals surface area contributed by atoms with Crippen LogP contribution in [-0.4, -0.2) is 0 Å². The highest BCUT2D eigenvalue weighted by molar-refractivity contribution is 6.42. The maximum atomic E-state index is 6.08. The van der Waals surface area contributed by atoms with E-state index in [2.05, 4.69) is 13.0 Å². The molecule has 0 aliphatic heterocycles. The molecule has 1 saturated carbocycles. The van der Waals surface area contributed by atoms with Crippen molar-refractivity contribution in [3.8, 4) is 0 Å². The van der Waals surface area contributed by atoms with Crippen LogP contribution >= 0.6 is 23.2 Å². The van der Waals surface area contributed by atoms with Gasteiger partial charge in [0.2, 0.25) is 0 Å². The van der Waals surface area contributed by atoms with Crippen molar-refractivity contribution in [2.24, 2.45) is 5.92 Å². The van der Waals surface area contributed by atoms with Gasteiger partial charge in [-0.05, 0) is 42.9 Å². The molecule has 1 aromatic rings. The zero-order valence-electron chi connectivity index (χ0n) is 9.60. The van der Waals surface area contributed by atoms with Crippen molar-refractivity contribution in [2.45, 2.75) is 39.0 Å². The van der Waals surface area contributed by atoms with Gasteiger partial charge in [-0.25, -0.2) is 0 Å². The lowest BCUT2D eigenvalue weighted by atomic mass is 9.83. The highest BCUT2D eigenvalue weighted by Crippen LogP contribution is 2.39. The summed E-state index contributed by atoms with van der Waals surface area (Å²) in [6.07, 6.45) is 6.53. The van der Waals surface area contributed by atoms with E-state index in [-0.39, 0.29) is 0 Å². The topological polar surface area (TPSA) is 0 Å². The Morgan fingerprint density at radius 1 is 1.19 bits per heavy atom. The highest BCUT2D eigenvalue weighted by atomic mass is 35.5. The standard InChI is InChI=1S/C14H17Cl2/c1-2-12(10-5-3-4-6-10)11-7-8-13(15)14(16)9-11/h7-10H,2-6H2,1H3. The summed E-state index contributed by atoms with van der Waals surface area (Å²) >= 11 is 12.0. The van der Waals surface area contributed by atoms with E-state index in [4.69, 9.17) is 23.2 Å². The van der Waals surface area contributed by atoms with E-state index in [0.717, 1.165) is 12.3 Å². The lowest BCUT2D eigenvalue weighted by Crippen LogP contribution is -2.09. The van der Waals surface area contributed by atoms with Gasteiger partial charge in [0.15, 0.2) is 0 Å². The van der Waals surface area contributed by atoms with Gasteiger partial charge in [0.1, 0.15) is 0 Å². The van der Waals surface area contributed by atoms with E-state index in [1.165, 1.54) is 31.2 Å². The van der Waals surface area contributed by atoms with E-state index in [9.17, 15) is 0 Å². The van der Waals surface area contributed by atoms with E-state index >= 15 is 0 Å². The van der Waals surface area contributed by atoms with Crippen molar-refractivity contribution in [1.82, 2.24) is 0 Å². The van der Waals surface area contributed by atoms with Gasteiger partial charge in [-0.3, -0.25) is 0 Å². The van der Waals surface area contributed by atoms with E-state index < -0.39 is 0 Å². The lowest BCUT2D eigenvalue weighted by Gasteiger charge is -2.22. The third-order valence-electron chi connectivity index (χ3n) is 3.52. The minimum absolute atomic E-state index is 0.646. The second kappa shape index (κ2) is 5.42. The molecule has 2 rings (SSSR count). The zero-order valence-corrected chi connectivity index (χ0v) is 11.1. The summed E-state index contributed by atoms with van der Waals surface area (Å²) in [5.74, 6) is 2.32. The van der Waals surface area contributed by atoms with Crippen LogP contribution in [0.5, 0.6) is 0 Å². The van der Waals surface area contributed by atoms with E-state index in [1.807, 2.05) is 12.1 Å². The van der Waals surface area contributed by atoms with Crippen molar-refractivity contribution in [3.63, 3.8) is 0 Å². The molecule has 1 aliphatic rings. The maximum Gasteiger partial charge on any atom is 0.0595 e. The Morgan fingerprint density at radius 2 is 1.88 bits per heavy atom. The molecule has 0 aromatic heterocycles. The molecule has 0 unspecified atom stereocenters. The second-order valence-electron chi connectivity index (χ2n) is 4.49. The van der Waals surface area contributed by atoms with Gasteiger partial charge in [0, 0.05) is 5.92 Å². The van der Waals surface area contributed by atoms with Crippen LogP contribution in [-0.2, 0) is 0 Å². The largest absolute Gasteiger partial charge is 0.0827 e. The SMILES string of the molecule is CC[C](c1ccc(Cl)c(Cl)c1)C1CCCC1. The molecule has 0 nitrogen and oxygen atoms in total. The molecule has 87 valence electrons. The molecule has 0 atom stereocenters. The summed E-state index contributed by atoms with van der Waals surface area (Å²) in [6, 6.07) is 6.02. The molecule has 2 heteroatoms. The Morgan fingerprint density at radius 3 is 2.44 bits per heavy atom. The fourth-order valence-corrected chi connectivity index (χ4v) is 3.00. The minimum atomic E-state index is 0.646. The molecular formula is C14H17Cl2. The Kier molecular flexibility index (Phi) is 4.16. The molecule has 0 saturated heterocycles. The first kappa shape index (κ1) is 12.3. The lowest BCUT2D eigenvalue weighted by molar-refractivity contribution is 0.557. The fourth-order valence-electron chi connectivity index (χ4n) is 2.70. The molecule has 0 heterocycles. The van der Waals surface area contributed by atoms with Gasteiger partial charge in [-0.1, -0.05) is 49.0 Å². The maximum absolute atomic E-state index is 6.08. The Bertz CT molecular complexity index is 354. The second-order valence-corrected chi connectivity index (χ2v) is 5.30. The first-order valence-electron chi connectivity index (χ1n) is 6.03. The summed E-state index contributed by atoms with van der Waals surface area (Å²) in [4.78, 5) is 0. The average molecular weight is 256 g/mol. The molecule has 0 bridgehead atoms. The van der Waals surface area contributed by atoms with Gasteiger partial charge in [0.05, 0.1) is 10.0 Å². The van der Waals surface area contributed by atoms with Gasteiger partial charge >= 0.3 is 0 Å². The number of hydrogen-bond acceptors (Lipinski definition) is 0. The summed E-state index contributed by atoms with van der Waals surface area (Å²) < 4.78 is 0. The Hall–Kier alpha value is -0.200. The summed E-state index contributed by atoms with van der Waals surface area (Å²) in [5.41, 5.74) is 1.28. The molecular weight excluding hydrogens is 239 g/mol. The Balaban J connectivity index is 2.22. The van der Waals surface area contributed by atoms with Crippen molar-refractivity contribution in [3.05, 3.63) is 39.7 Å². The minimum Gasteiger partial charge on any atom is -0.0827 e. The molecule has 1 aromatic carbocycles. The molecule has 0 spiro atoms. The molecule has 0 amide bonds. The van der Waals surface area contributed by atoms with Crippen LogP contribution in [0.4, 0.5) is 0 Å². The van der Waals surface area contributed by atoms with Crippen LogP contribution in [0.25, 0.3) is 0 Å². The van der Waals surface area contributed by atoms with Gasteiger partial charge < -0.3 is 0 Å². The predicted octanol–water partition coefficient (Wildman–Crippen LogP) is 5.52. The summed E-state index contributed by atoms with van der Waals surface area (Å²) in [6.45, 7) is 2.23.